The van der Waals surface area contributed by atoms with Crippen molar-refractivity contribution in [3.63, 3.8) is 0 Å². The first-order valence-electron chi connectivity index (χ1n) is 4.19. The van der Waals surface area contributed by atoms with Crippen molar-refractivity contribution in [1.82, 2.24) is 5.32 Å². The highest BCUT2D eigenvalue weighted by molar-refractivity contribution is 7.99. The molecule has 1 aliphatic rings. The third kappa shape index (κ3) is 3.43. The molecule has 1 saturated heterocycles. The molecule has 1 N–H and O–H groups in total. The minimum absolute atomic E-state index is 0.515. The van der Waals surface area contributed by atoms with Crippen molar-refractivity contribution in [2.24, 2.45) is 5.92 Å². The van der Waals surface area contributed by atoms with E-state index in [4.69, 9.17) is 0 Å². The molecule has 3 heteroatoms. The molecule has 0 saturated carbocycles. The molecule has 0 spiro atoms. The van der Waals surface area contributed by atoms with Crippen LogP contribution in [0.5, 0.6) is 0 Å². The Balaban J connectivity index is 2.08. The van der Waals surface area contributed by atoms with Crippen LogP contribution in [0.25, 0.3) is 0 Å². The van der Waals surface area contributed by atoms with E-state index in [2.05, 4.69) is 5.32 Å². The summed E-state index contributed by atoms with van der Waals surface area (Å²) in [5.41, 5.74) is 0. The lowest BCUT2D eigenvalue weighted by Gasteiger charge is -2.11. The molecule has 1 fully saturated rings. The first-order valence-corrected chi connectivity index (χ1v) is 5.35. The van der Waals surface area contributed by atoms with E-state index in [0.29, 0.717) is 12.5 Å². The number of halogens is 1. The van der Waals surface area contributed by atoms with Crippen LogP contribution in [0, 0.1) is 5.92 Å². The van der Waals surface area contributed by atoms with Crippen molar-refractivity contribution in [3.05, 3.63) is 0 Å². The molecule has 1 heterocycles. The van der Waals surface area contributed by atoms with Gasteiger partial charge in [0.2, 0.25) is 0 Å². The fraction of sp³-hybridized carbons (Fsp3) is 1.00. The number of nitrogens with one attached hydrogen (secondary N) is 1. The van der Waals surface area contributed by atoms with Gasteiger partial charge in [0.1, 0.15) is 6.17 Å². The summed E-state index contributed by atoms with van der Waals surface area (Å²) >= 11 is 1.96. The summed E-state index contributed by atoms with van der Waals surface area (Å²) < 4.78 is 13.0. The van der Waals surface area contributed by atoms with Crippen LogP contribution in [0.15, 0.2) is 0 Å². The second-order valence-electron chi connectivity index (χ2n) is 3.12. The van der Waals surface area contributed by atoms with Gasteiger partial charge in [-0.2, -0.15) is 11.8 Å². The largest absolute Gasteiger partial charge is 0.317 e. The number of hydrogen-bond donors (Lipinski definition) is 1. The van der Waals surface area contributed by atoms with Crippen molar-refractivity contribution < 1.29 is 4.39 Å². The average molecular weight is 177 g/mol. The quantitative estimate of drug-likeness (QED) is 0.701. The Morgan fingerprint density at radius 3 is 3.09 bits per heavy atom. The van der Waals surface area contributed by atoms with E-state index >= 15 is 0 Å². The molecule has 0 radical (unpaired) electrons. The van der Waals surface area contributed by atoms with Gasteiger partial charge in [0, 0.05) is 6.54 Å². The van der Waals surface area contributed by atoms with Crippen LogP contribution in [0.4, 0.5) is 4.39 Å². The number of thioether (sulfide) groups is 1. The molecule has 0 aromatic carbocycles. The lowest BCUT2D eigenvalue weighted by atomic mass is 10.0. The van der Waals surface area contributed by atoms with E-state index in [1.807, 2.05) is 11.8 Å². The van der Waals surface area contributed by atoms with Crippen molar-refractivity contribution in [2.45, 2.75) is 19.0 Å². The zero-order valence-electron chi connectivity index (χ0n) is 6.98. The molecule has 1 rings (SSSR count). The normalized spacial score (nSPS) is 27.3. The summed E-state index contributed by atoms with van der Waals surface area (Å²) in [5.74, 6) is 3.05. The van der Waals surface area contributed by atoms with E-state index in [1.165, 1.54) is 17.9 Å². The highest BCUT2D eigenvalue weighted by Gasteiger charge is 2.19. The zero-order chi connectivity index (χ0) is 8.10. The lowest BCUT2D eigenvalue weighted by Crippen LogP contribution is -2.22. The van der Waals surface area contributed by atoms with E-state index in [9.17, 15) is 4.39 Å². The van der Waals surface area contributed by atoms with Crippen LogP contribution in [-0.4, -0.2) is 31.3 Å². The zero-order valence-corrected chi connectivity index (χ0v) is 7.79. The Morgan fingerprint density at radius 2 is 2.55 bits per heavy atom. The molecule has 2 unspecified atom stereocenters. The van der Waals surface area contributed by atoms with Gasteiger partial charge < -0.3 is 5.32 Å². The summed E-state index contributed by atoms with van der Waals surface area (Å²) in [7, 11) is 1.80. The topological polar surface area (TPSA) is 12.0 Å². The van der Waals surface area contributed by atoms with Gasteiger partial charge >= 0.3 is 0 Å². The Hall–Kier alpha value is 0.240. The summed E-state index contributed by atoms with van der Waals surface area (Å²) in [6, 6.07) is 0. The highest BCUT2D eigenvalue weighted by Crippen LogP contribution is 2.27. The van der Waals surface area contributed by atoms with Gasteiger partial charge in [0.25, 0.3) is 0 Å². The smallest absolute Gasteiger partial charge is 0.113 e. The molecular weight excluding hydrogens is 161 g/mol. The second-order valence-corrected chi connectivity index (χ2v) is 4.27. The van der Waals surface area contributed by atoms with E-state index < -0.39 is 6.17 Å². The molecule has 66 valence electrons. The van der Waals surface area contributed by atoms with Crippen LogP contribution in [0.2, 0.25) is 0 Å². The van der Waals surface area contributed by atoms with Gasteiger partial charge in [0.05, 0.1) is 0 Å². The molecule has 11 heavy (non-hydrogen) atoms. The van der Waals surface area contributed by atoms with Crippen molar-refractivity contribution >= 4 is 11.8 Å². The van der Waals surface area contributed by atoms with Crippen LogP contribution in [0.3, 0.4) is 0 Å². The maximum atomic E-state index is 13.0. The van der Waals surface area contributed by atoms with E-state index in [0.717, 1.165) is 6.42 Å². The predicted molar refractivity (Wildman–Crippen MR) is 48.9 cm³/mol. The molecule has 0 aromatic rings. The molecule has 0 aromatic heterocycles. The molecule has 0 aliphatic carbocycles. The first-order chi connectivity index (χ1) is 5.33. The monoisotopic (exact) mass is 177 g/mol. The fourth-order valence-corrected chi connectivity index (χ4v) is 2.74. The Bertz CT molecular complexity index is 104. The number of rotatable bonds is 4. The molecule has 1 aliphatic heterocycles. The van der Waals surface area contributed by atoms with Crippen LogP contribution in [-0.2, 0) is 0 Å². The van der Waals surface area contributed by atoms with Gasteiger partial charge in [0.15, 0.2) is 0 Å². The maximum absolute atomic E-state index is 13.0. The van der Waals surface area contributed by atoms with Gasteiger partial charge in [-0.15, -0.1) is 0 Å². The SMILES string of the molecule is CNCC(F)CC1CCSC1. The van der Waals surface area contributed by atoms with Gasteiger partial charge in [-0.05, 0) is 37.3 Å². The molecule has 2 atom stereocenters. The maximum Gasteiger partial charge on any atom is 0.113 e. The highest BCUT2D eigenvalue weighted by atomic mass is 32.2. The minimum atomic E-state index is -0.635. The van der Waals surface area contributed by atoms with Crippen LogP contribution >= 0.6 is 11.8 Å². The Labute approximate surface area is 72.1 Å². The molecule has 0 bridgehead atoms. The van der Waals surface area contributed by atoms with Crippen LogP contribution < -0.4 is 5.32 Å². The van der Waals surface area contributed by atoms with Crippen molar-refractivity contribution in [2.75, 3.05) is 25.1 Å². The summed E-state index contributed by atoms with van der Waals surface area (Å²) in [4.78, 5) is 0. The third-order valence-corrected chi connectivity index (χ3v) is 3.27. The van der Waals surface area contributed by atoms with Gasteiger partial charge in [-0.3, -0.25) is 0 Å². The average Bonchev–Trinajstić information content (AvgIpc) is 2.40. The fourth-order valence-electron chi connectivity index (χ4n) is 1.44. The second kappa shape index (κ2) is 4.99. The van der Waals surface area contributed by atoms with Crippen LogP contribution in [0.1, 0.15) is 12.8 Å². The minimum Gasteiger partial charge on any atom is -0.317 e. The summed E-state index contributed by atoms with van der Waals surface area (Å²) in [5, 5.41) is 2.86. The first kappa shape index (κ1) is 9.33. The Morgan fingerprint density at radius 1 is 1.73 bits per heavy atom. The van der Waals surface area contributed by atoms with E-state index in [1.54, 1.807) is 7.05 Å². The summed E-state index contributed by atoms with van der Waals surface area (Å²) in [6.07, 6.45) is 1.34. The Kier molecular flexibility index (Phi) is 4.23. The van der Waals surface area contributed by atoms with Crippen molar-refractivity contribution in [3.8, 4) is 0 Å². The number of hydrogen-bond acceptors (Lipinski definition) is 2. The standard InChI is InChI=1S/C8H16FNS/c1-10-5-8(9)4-7-2-3-11-6-7/h7-8,10H,2-6H2,1H3. The third-order valence-electron chi connectivity index (χ3n) is 2.04. The number of alkyl halides is 1. The molecular formula is C8H16FNS. The summed E-state index contributed by atoms with van der Waals surface area (Å²) in [6.45, 7) is 0.515. The van der Waals surface area contributed by atoms with E-state index in [-0.39, 0.29) is 0 Å². The van der Waals surface area contributed by atoms with Crippen molar-refractivity contribution in [1.29, 1.82) is 0 Å². The van der Waals surface area contributed by atoms with Gasteiger partial charge in [-0.1, -0.05) is 0 Å². The molecule has 1 nitrogen and oxygen atoms in total. The predicted octanol–water partition coefficient (Wildman–Crippen LogP) is 1.69. The molecule has 0 amide bonds. The van der Waals surface area contributed by atoms with Gasteiger partial charge in [-0.25, -0.2) is 4.39 Å². The lowest BCUT2D eigenvalue weighted by molar-refractivity contribution is 0.273.